The average molecular weight is 297 g/mol. The number of nitrogens with two attached hydrogens (primary N) is 1. The summed E-state index contributed by atoms with van der Waals surface area (Å²) in [5.41, 5.74) is 5.72. The van der Waals surface area contributed by atoms with E-state index in [2.05, 4.69) is 15.1 Å². The molecule has 0 unspecified atom stereocenters. The molecule has 0 atom stereocenters. The van der Waals surface area contributed by atoms with Crippen molar-refractivity contribution in [2.24, 2.45) is 10.9 Å². The molecule has 0 saturated carbocycles. The number of benzene rings is 1. The summed E-state index contributed by atoms with van der Waals surface area (Å²) in [5, 5.41) is 12.4. The van der Waals surface area contributed by atoms with Gasteiger partial charge in [0, 0.05) is 17.2 Å². The number of H-pyrrole nitrogens is 1. The van der Waals surface area contributed by atoms with Crippen LogP contribution in [0, 0.1) is 0 Å². The highest BCUT2D eigenvalue weighted by Crippen LogP contribution is 2.31. The number of hydrogen-bond acceptors (Lipinski definition) is 5. The summed E-state index contributed by atoms with van der Waals surface area (Å²) in [6.45, 7) is 0. The van der Waals surface area contributed by atoms with E-state index in [9.17, 15) is 4.79 Å². The summed E-state index contributed by atoms with van der Waals surface area (Å²) in [6, 6.07) is 6.39. The molecule has 0 aliphatic heterocycles. The van der Waals surface area contributed by atoms with Crippen LogP contribution in [-0.2, 0) is 0 Å². The number of amidine groups is 1. The molecule has 0 spiro atoms. The van der Waals surface area contributed by atoms with Crippen LogP contribution in [-0.4, -0.2) is 21.0 Å². The standard InChI is InChI=1S/C11H9ClN4O2S/c12-6-2-1-3-7(9(6)10(13)16-18)19-11-14-5-4-8(17)15-11/h1-5,18H,(H2,13,16)(H,14,15,17). The van der Waals surface area contributed by atoms with Gasteiger partial charge in [-0.15, -0.1) is 0 Å². The number of aromatic amines is 1. The van der Waals surface area contributed by atoms with Crippen LogP contribution in [0.4, 0.5) is 0 Å². The molecule has 8 heteroatoms. The molecule has 2 rings (SSSR count). The zero-order chi connectivity index (χ0) is 13.8. The summed E-state index contributed by atoms with van der Waals surface area (Å²) >= 11 is 7.19. The third kappa shape index (κ3) is 3.07. The maximum atomic E-state index is 11.2. The quantitative estimate of drug-likeness (QED) is 0.263. The predicted octanol–water partition coefficient (Wildman–Crippen LogP) is 1.67. The lowest BCUT2D eigenvalue weighted by Gasteiger charge is -2.08. The third-order valence-electron chi connectivity index (χ3n) is 2.19. The highest BCUT2D eigenvalue weighted by molar-refractivity contribution is 7.99. The highest BCUT2D eigenvalue weighted by atomic mass is 35.5. The van der Waals surface area contributed by atoms with Crippen LogP contribution in [0.5, 0.6) is 0 Å². The zero-order valence-electron chi connectivity index (χ0n) is 9.50. The molecule has 1 aromatic heterocycles. The fourth-order valence-corrected chi connectivity index (χ4v) is 2.66. The second-order valence-corrected chi connectivity index (χ2v) is 4.88. The Balaban J connectivity index is 2.46. The Morgan fingerprint density at radius 3 is 2.95 bits per heavy atom. The lowest BCUT2D eigenvalue weighted by atomic mass is 10.2. The van der Waals surface area contributed by atoms with Crippen LogP contribution >= 0.6 is 23.4 Å². The van der Waals surface area contributed by atoms with Crippen molar-refractivity contribution in [2.75, 3.05) is 0 Å². The average Bonchev–Trinajstić information content (AvgIpc) is 2.38. The molecule has 0 saturated heterocycles. The van der Waals surface area contributed by atoms with Crippen molar-refractivity contribution in [3.63, 3.8) is 0 Å². The van der Waals surface area contributed by atoms with E-state index in [1.807, 2.05) is 0 Å². The Labute approximate surface area is 117 Å². The molecule has 0 amide bonds. The van der Waals surface area contributed by atoms with E-state index in [1.165, 1.54) is 12.3 Å². The molecule has 0 fully saturated rings. The maximum absolute atomic E-state index is 11.2. The van der Waals surface area contributed by atoms with Gasteiger partial charge in [0.25, 0.3) is 5.56 Å². The number of nitrogens with zero attached hydrogens (tertiary/aromatic N) is 2. The Hall–Kier alpha value is -1.99. The second kappa shape index (κ2) is 5.77. The second-order valence-electron chi connectivity index (χ2n) is 3.44. The van der Waals surface area contributed by atoms with Gasteiger partial charge in [0.05, 0.1) is 10.6 Å². The summed E-state index contributed by atoms with van der Waals surface area (Å²) in [6.07, 6.45) is 1.40. The van der Waals surface area contributed by atoms with Gasteiger partial charge < -0.3 is 15.9 Å². The lowest BCUT2D eigenvalue weighted by molar-refractivity contribution is 0.318. The van der Waals surface area contributed by atoms with Crippen molar-refractivity contribution >= 4 is 29.2 Å². The monoisotopic (exact) mass is 296 g/mol. The molecule has 0 aliphatic carbocycles. The molecule has 4 N–H and O–H groups in total. The summed E-state index contributed by atoms with van der Waals surface area (Å²) in [7, 11) is 0. The Morgan fingerprint density at radius 2 is 2.26 bits per heavy atom. The van der Waals surface area contributed by atoms with Gasteiger partial charge in [-0.2, -0.15) is 0 Å². The normalized spacial score (nSPS) is 11.5. The number of nitrogens with one attached hydrogen (secondary N) is 1. The van der Waals surface area contributed by atoms with Gasteiger partial charge in [0.2, 0.25) is 0 Å². The van der Waals surface area contributed by atoms with Crippen LogP contribution < -0.4 is 11.3 Å². The van der Waals surface area contributed by atoms with Gasteiger partial charge in [0.1, 0.15) is 0 Å². The minimum Gasteiger partial charge on any atom is -0.409 e. The van der Waals surface area contributed by atoms with E-state index in [1.54, 1.807) is 18.2 Å². The molecular weight excluding hydrogens is 288 g/mol. The minimum absolute atomic E-state index is 0.105. The molecule has 98 valence electrons. The summed E-state index contributed by atoms with van der Waals surface area (Å²) in [5.74, 6) is -0.105. The van der Waals surface area contributed by atoms with E-state index in [-0.39, 0.29) is 11.4 Å². The van der Waals surface area contributed by atoms with Gasteiger partial charge in [0.15, 0.2) is 11.0 Å². The van der Waals surface area contributed by atoms with Gasteiger partial charge in [-0.3, -0.25) is 4.79 Å². The minimum atomic E-state index is -0.259. The Bertz CT molecular complexity index is 686. The van der Waals surface area contributed by atoms with E-state index >= 15 is 0 Å². The van der Waals surface area contributed by atoms with Gasteiger partial charge in [-0.05, 0) is 12.1 Å². The van der Waals surface area contributed by atoms with E-state index in [4.69, 9.17) is 22.5 Å². The summed E-state index contributed by atoms with van der Waals surface area (Å²) < 4.78 is 0. The van der Waals surface area contributed by atoms with Gasteiger partial charge in [-0.1, -0.05) is 34.6 Å². The molecule has 1 aromatic carbocycles. The van der Waals surface area contributed by atoms with Gasteiger partial charge >= 0.3 is 0 Å². The van der Waals surface area contributed by atoms with Crippen molar-refractivity contribution in [1.29, 1.82) is 0 Å². The van der Waals surface area contributed by atoms with E-state index < -0.39 is 0 Å². The first-order valence-electron chi connectivity index (χ1n) is 5.11. The maximum Gasteiger partial charge on any atom is 0.251 e. The van der Waals surface area contributed by atoms with Crippen molar-refractivity contribution in [3.05, 3.63) is 51.4 Å². The first kappa shape index (κ1) is 13.4. The molecule has 0 radical (unpaired) electrons. The predicted molar refractivity (Wildman–Crippen MR) is 72.9 cm³/mol. The van der Waals surface area contributed by atoms with Crippen molar-refractivity contribution < 1.29 is 5.21 Å². The number of aromatic nitrogens is 2. The van der Waals surface area contributed by atoms with Crippen LogP contribution in [0.25, 0.3) is 0 Å². The molecule has 19 heavy (non-hydrogen) atoms. The molecular formula is C11H9ClN4O2S. The van der Waals surface area contributed by atoms with Gasteiger partial charge in [-0.25, -0.2) is 4.98 Å². The largest absolute Gasteiger partial charge is 0.409 e. The zero-order valence-corrected chi connectivity index (χ0v) is 11.1. The first-order valence-corrected chi connectivity index (χ1v) is 6.31. The van der Waals surface area contributed by atoms with Crippen LogP contribution in [0.3, 0.4) is 0 Å². The number of halogens is 1. The fraction of sp³-hybridized carbons (Fsp3) is 0. The lowest BCUT2D eigenvalue weighted by Crippen LogP contribution is -2.15. The van der Waals surface area contributed by atoms with E-state index in [0.717, 1.165) is 11.8 Å². The third-order valence-corrected chi connectivity index (χ3v) is 3.47. The Kier molecular flexibility index (Phi) is 4.08. The van der Waals surface area contributed by atoms with Crippen molar-refractivity contribution in [3.8, 4) is 0 Å². The number of hydrogen-bond donors (Lipinski definition) is 3. The molecule has 1 heterocycles. The molecule has 0 bridgehead atoms. The smallest absolute Gasteiger partial charge is 0.251 e. The first-order chi connectivity index (χ1) is 9.11. The molecule has 6 nitrogen and oxygen atoms in total. The van der Waals surface area contributed by atoms with Crippen LogP contribution in [0.2, 0.25) is 5.02 Å². The SMILES string of the molecule is NC(=NO)c1c(Cl)cccc1Sc1nccc(=O)[nH]1. The fourth-order valence-electron chi connectivity index (χ4n) is 1.40. The topological polar surface area (TPSA) is 104 Å². The number of rotatable bonds is 3. The van der Waals surface area contributed by atoms with Crippen molar-refractivity contribution in [2.45, 2.75) is 10.1 Å². The van der Waals surface area contributed by atoms with Crippen molar-refractivity contribution in [1.82, 2.24) is 9.97 Å². The number of oxime groups is 1. The molecule has 0 aliphatic rings. The summed E-state index contributed by atoms with van der Waals surface area (Å²) in [4.78, 5) is 18.4. The molecule has 2 aromatic rings. The Morgan fingerprint density at radius 1 is 1.47 bits per heavy atom. The van der Waals surface area contributed by atoms with Crippen LogP contribution in [0.1, 0.15) is 5.56 Å². The highest BCUT2D eigenvalue weighted by Gasteiger charge is 2.13. The van der Waals surface area contributed by atoms with E-state index in [0.29, 0.717) is 20.6 Å². The van der Waals surface area contributed by atoms with Crippen LogP contribution in [0.15, 0.2) is 50.5 Å².